The van der Waals surface area contributed by atoms with Crippen molar-refractivity contribution < 1.29 is 18.3 Å². The van der Waals surface area contributed by atoms with E-state index in [-0.39, 0.29) is 11.7 Å². The van der Waals surface area contributed by atoms with Gasteiger partial charge in [0.2, 0.25) is 0 Å². The second-order valence-corrected chi connectivity index (χ2v) is 5.08. The molecule has 0 spiro atoms. The van der Waals surface area contributed by atoms with E-state index < -0.39 is 11.7 Å². The van der Waals surface area contributed by atoms with E-state index in [2.05, 4.69) is 5.32 Å². The van der Waals surface area contributed by atoms with Gasteiger partial charge in [0, 0.05) is 6.54 Å². The van der Waals surface area contributed by atoms with Crippen molar-refractivity contribution in [2.45, 2.75) is 31.5 Å². The van der Waals surface area contributed by atoms with Gasteiger partial charge in [0.05, 0.1) is 22.9 Å². The molecule has 2 unspecified atom stereocenters. The third-order valence-electron chi connectivity index (χ3n) is 3.56. The minimum atomic E-state index is -4.44. The molecule has 20 heavy (non-hydrogen) atoms. The van der Waals surface area contributed by atoms with Crippen LogP contribution in [0.5, 0.6) is 0 Å². The van der Waals surface area contributed by atoms with Gasteiger partial charge in [0.1, 0.15) is 6.07 Å². The minimum absolute atomic E-state index is 0.0154. The maximum Gasteiger partial charge on any atom is 0.416 e. The highest BCUT2D eigenvalue weighted by Crippen LogP contribution is 2.32. The molecule has 3 nitrogen and oxygen atoms in total. The molecule has 1 aromatic rings. The Hall–Kier alpha value is -1.74. The Morgan fingerprint density at radius 2 is 2.10 bits per heavy atom. The van der Waals surface area contributed by atoms with E-state index in [0.717, 1.165) is 25.0 Å². The lowest BCUT2D eigenvalue weighted by atomic mass is 10.1. The van der Waals surface area contributed by atoms with Crippen LogP contribution in [0.1, 0.15) is 30.4 Å². The second-order valence-electron chi connectivity index (χ2n) is 5.08. The van der Waals surface area contributed by atoms with Crippen molar-refractivity contribution in [3.63, 3.8) is 0 Å². The zero-order valence-corrected chi connectivity index (χ0v) is 10.7. The minimum Gasteiger partial charge on any atom is -0.393 e. The number of anilines is 1. The Bertz CT molecular complexity index is 522. The number of aliphatic hydroxyl groups is 1. The highest BCUT2D eigenvalue weighted by atomic mass is 19.4. The summed E-state index contributed by atoms with van der Waals surface area (Å²) < 4.78 is 37.7. The number of nitriles is 1. The monoisotopic (exact) mass is 284 g/mol. The van der Waals surface area contributed by atoms with Crippen molar-refractivity contribution >= 4 is 5.69 Å². The average Bonchev–Trinajstić information content (AvgIpc) is 2.81. The Morgan fingerprint density at radius 3 is 2.65 bits per heavy atom. The van der Waals surface area contributed by atoms with Crippen molar-refractivity contribution in [2.75, 3.05) is 11.9 Å². The first-order valence-corrected chi connectivity index (χ1v) is 6.43. The van der Waals surface area contributed by atoms with Gasteiger partial charge in [-0.25, -0.2) is 0 Å². The van der Waals surface area contributed by atoms with Gasteiger partial charge in [-0.15, -0.1) is 0 Å². The zero-order chi connectivity index (χ0) is 14.8. The predicted molar refractivity (Wildman–Crippen MR) is 68.0 cm³/mol. The molecule has 1 aliphatic rings. The van der Waals surface area contributed by atoms with Gasteiger partial charge in [-0.05, 0) is 43.4 Å². The fraction of sp³-hybridized carbons (Fsp3) is 0.500. The van der Waals surface area contributed by atoms with Gasteiger partial charge in [0.25, 0.3) is 0 Å². The van der Waals surface area contributed by atoms with Gasteiger partial charge >= 0.3 is 6.18 Å². The van der Waals surface area contributed by atoms with Crippen LogP contribution in [0.3, 0.4) is 0 Å². The molecule has 1 aromatic carbocycles. The van der Waals surface area contributed by atoms with E-state index in [0.29, 0.717) is 24.6 Å². The number of aliphatic hydroxyl groups excluding tert-OH is 1. The summed E-state index contributed by atoms with van der Waals surface area (Å²) in [5.41, 5.74) is -0.434. The van der Waals surface area contributed by atoms with Crippen LogP contribution in [-0.4, -0.2) is 17.8 Å². The van der Waals surface area contributed by atoms with E-state index in [4.69, 9.17) is 5.26 Å². The predicted octanol–water partition coefficient (Wildman–Crippen LogP) is 3.15. The van der Waals surface area contributed by atoms with Crippen LogP contribution >= 0.6 is 0 Å². The van der Waals surface area contributed by atoms with Gasteiger partial charge < -0.3 is 10.4 Å². The maximum absolute atomic E-state index is 12.6. The van der Waals surface area contributed by atoms with Crippen LogP contribution in [0.25, 0.3) is 0 Å². The van der Waals surface area contributed by atoms with Crippen LogP contribution in [0.2, 0.25) is 0 Å². The molecule has 108 valence electrons. The number of nitrogens with one attached hydrogen (secondary N) is 1. The Kier molecular flexibility index (Phi) is 4.19. The average molecular weight is 284 g/mol. The van der Waals surface area contributed by atoms with Crippen LogP contribution in [0.15, 0.2) is 18.2 Å². The van der Waals surface area contributed by atoms with Crippen molar-refractivity contribution in [1.29, 1.82) is 5.26 Å². The SMILES string of the molecule is N#Cc1cc(C(F)(F)F)ccc1NCC1CCC(O)C1. The van der Waals surface area contributed by atoms with Gasteiger partial charge in [-0.2, -0.15) is 18.4 Å². The Morgan fingerprint density at radius 1 is 1.35 bits per heavy atom. The highest BCUT2D eigenvalue weighted by molar-refractivity contribution is 5.59. The van der Waals surface area contributed by atoms with Crippen LogP contribution in [0, 0.1) is 17.2 Å². The fourth-order valence-electron chi connectivity index (χ4n) is 2.46. The third kappa shape index (κ3) is 3.42. The van der Waals surface area contributed by atoms with Crippen molar-refractivity contribution in [2.24, 2.45) is 5.92 Å². The molecule has 0 aromatic heterocycles. The van der Waals surface area contributed by atoms with Crippen LogP contribution in [-0.2, 0) is 6.18 Å². The number of hydrogen-bond acceptors (Lipinski definition) is 3. The molecule has 2 atom stereocenters. The summed E-state index contributed by atoms with van der Waals surface area (Å²) >= 11 is 0. The first kappa shape index (κ1) is 14.7. The molecule has 0 saturated heterocycles. The molecule has 2 rings (SSSR count). The summed E-state index contributed by atoms with van der Waals surface area (Å²) in [5, 5.41) is 21.4. The summed E-state index contributed by atoms with van der Waals surface area (Å²) in [6.07, 6.45) is -2.40. The third-order valence-corrected chi connectivity index (χ3v) is 3.56. The normalized spacial score (nSPS) is 22.6. The van der Waals surface area contributed by atoms with E-state index in [1.165, 1.54) is 6.07 Å². The lowest BCUT2D eigenvalue weighted by Gasteiger charge is -2.14. The van der Waals surface area contributed by atoms with E-state index in [1.807, 2.05) is 0 Å². The second kappa shape index (κ2) is 5.71. The molecule has 1 fully saturated rings. The molecule has 0 aliphatic heterocycles. The number of halogens is 3. The van der Waals surface area contributed by atoms with Crippen LogP contribution < -0.4 is 5.32 Å². The fourth-order valence-corrected chi connectivity index (χ4v) is 2.46. The summed E-state index contributed by atoms with van der Waals surface area (Å²) in [6.45, 7) is 0.553. The van der Waals surface area contributed by atoms with Gasteiger partial charge in [0.15, 0.2) is 0 Å². The van der Waals surface area contributed by atoms with E-state index in [9.17, 15) is 18.3 Å². The number of benzene rings is 1. The Balaban J connectivity index is 2.07. The Labute approximate surface area is 115 Å². The van der Waals surface area contributed by atoms with E-state index in [1.54, 1.807) is 6.07 Å². The molecule has 0 amide bonds. The molecule has 0 heterocycles. The summed E-state index contributed by atoms with van der Waals surface area (Å²) in [4.78, 5) is 0. The number of alkyl halides is 3. The first-order valence-electron chi connectivity index (χ1n) is 6.43. The van der Waals surface area contributed by atoms with Crippen molar-refractivity contribution in [3.05, 3.63) is 29.3 Å². The quantitative estimate of drug-likeness (QED) is 0.896. The molecule has 0 bridgehead atoms. The molecule has 1 aliphatic carbocycles. The summed E-state index contributed by atoms with van der Waals surface area (Å²) in [6, 6.07) is 4.88. The summed E-state index contributed by atoms with van der Waals surface area (Å²) in [5.74, 6) is 0.291. The standard InChI is InChI=1S/C14H15F3N2O/c15-14(16,17)11-2-4-13(10(6-11)7-18)19-8-9-1-3-12(20)5-9/h2,4,6,9,12,19-20H,1,3,5,8H2. The molecular formula is C14H15F3N2O. The van der Waals surface area contributed by atoms with Crippen molar-refractivity contribution in [1.82, 2.24) is 0 Å². The molecule has 6 heteroatoms. The maximum atomic E-state index is 12.6. The largest absolute Gasteiger partial charge is 0.416 e. The molecule has 0 radical (unpaired) electrons. The lowest BCUT2D eigenvalue weighted by molar-refractivity contribution is -0.137. The number of hydrogen-bond donors (Lipinski definition) is 2. The highest BCUT2D eigenvalue weighted by Gasteiger charge is 2.31. The van der Waals surface area contributed by atoms with Crippen molar-refractivity contribution in [3.8, 4) is 6.07 Å². The summed E-state index contributed by atoms with van der Waals surface area (Å²) in [7, 11) is 0. The smallest absolute Gasteiger partial charge is 0.393 e. The molecule has 2 N–H and O–H groups in total. The van der Waals surface area contributed by atoms with Gasteiger partial charge in [-0.1, -0.05) is 0 Å². The molecular weight excluding hydrogens is 269 g/mol. The number of nitrogens with zero attached hydrogens (tertiary/aromatic N) is 1. The molecule has 1 saturated carbocycles. The topological polar surface area (TPSA) is 56.0 Å². The first-order chi connectivity index (χ1) is 9.40. The van der Waals surface area contributed by atoms with Gasteiger partial charge in [-0.3, -0.25) is 0 Å². The van der Waals surface area contributed by atoms with E-state index >= 15 is 0 Å². The number of rotatable bonds is 3. The van der Waals surface area contributed by atoms with Crippen LogP contribution in [0.4, 0.5) is 18.9 Å². The lowest BCUT2D eigenvalue weighted by Crippen LogP contribution is -2.14. The zero-order valence-electron chi connectivity index (χ0n) is 10.7.